The molecule has 1 aromatic heterocycles. The lowest BCUT2D eigenvalue weighted by molar-refractivity contribution is -0.116. The molecule has 1 aliphatic heterocycles. The molecular formula is C29H33FN4O2S. The fourth-order valence-corrected chi connectivity index (χ4v) is 7.74. The van der Waals surface area contributed by atoms with Gasteiger partial charge in [-0.3, -0.25) is 9.36 Å². The average molecular weight is 521 g/mol. The van der Waals surface area contributed by atoms with Crippen LogP contribution in [-0.4, -0.2) is 32.5 Å². The first-order valence-electron chi connectivity index (χ1n) is 13.3. The maximum Gasteiger partial charge on any atom is 0.237 e. The molecule has 1 amide bonds. The quantitative estimate of drug-likeness (QED) is 0.338. The van der Waals surface area contributed by atoms with Crippen LogP contribution in [0.4, 0.5) is 10.1 Å². The van der Waals surface area contributed by atoms with Crippen molar-refractivity contribution in [2.45, 2.75) is 69.8 Å². The van der Waals surface area contributed by atoms with E-state index < -0.39 is 5.82 Å². The number of ether oxygens (including phenoxy) is 1. The Morgan fingerprint density at radius 3 is 2.73 bits per heavy atom. The van der Waals surface area contributed by atoms with Crippen molar-refractivity contribution in [3.05, 3.63) is 65.7 Å². The smallest absolute Gasteiger partial charge is 0.237 e. The van der Waals surface area contributed by atoms with Crippen LogP contribution < -0.4 is 9.64 Å². The van der Waals surface area contributed by atoms with Gasteiger partial charge in [0.05, 0.1) is 5.75 Å². The maximum atomic E-state index is 14.2. The molecule has 2 aromatic carbocycles. The molecule has 5 atom stereocenters. The predicted octanol–water partition coefficient (Wildman–Crippen LogP) is 6.06. The molecule has 0 N–H and O–H groups in total. The van der Waals surface area contributed by atoms with Gasteiger partial charge in [-0.05, 0) is 81.0 Å². The standard InChI is InChI=1S/C29H33FN4O2S/c1-18-13-22-7-3-5-9-25(22)33(18)28(35)17-37-29-32-31-27(16-36-26-10-6-4-8-24(26)30)34(29)19(2)23-15-20-11-12-21(23)14-20/h3-10,18-21,23H,11-17H2,1-2H3/t18-,19+,20+,21+,23+/m1/s1. The minimum absolute atomic E-state index is 0.0775. The van der Waals surface area contributed by atoms with Crippen LogP contribution in [0.15, 0.2) is 53.7 Å². The molecule has 2 aliphatic carbocycles. The molecule has 2 bridgehead atoms. The van der Waals surface area contributed by atoms with Gasteiger partial charge in [-0.15, -0.1) is 10.2 Å². The second kappa shape index (κ2) is 10.1. The first kappa shape index (κ1) is 24.5. The second-order valence-corrected chi connectivity index (χ2v) is 11.7. The predicted molar refractivity (Wildman–Crippen MR) is 142 cm³/mol. The first-order chi connectivity index (χ1) is 18.0. The Labute approximate surface area is 221 Å². The lowest BCUT2D eigenvalue weighted by atomic mass is 9.84. The van der Waals surface area contributed by atoms with E-state index in [0.29, 0.717) is 11.7 Å². The van der Waals surface area contributed by atoms with Crippen LogP contribution in [0, 0.1) is 23.6 Å². The summed E-state index contributed by atoms with van der Waals surface area (Å²) in [7, 11) is 0. The topological polar surface area (TPSA) is 60.3 Å². The van der Waals surface area contributed by atoms with Gasteiger partial charge in [0, 0.05) is 17.8 Å². The van der Waals surface area contributed by atoms with Crippen molar-refractivity contribution >= 4 is 23.4 Å². The summed E-state index contributed by atoms with van der Waals surface area (Å²) in [4.78, 5) is 15.3. The Balaban J connectivity index is 1.22. The highest BCUT2D eigenvalue weighted by Gasteiger charge is 2.43. The van der Waals surface area contributed by atoms with Crippen LogP contribution in [0.2, 0.25) is 0 Å². The van der Waals surface area contributed by atoms with Crippen molar-refractivity contribution < 1.29 is 13.9 Å². The maximum absolute atomic E-state index is 14.2. The molecule has 2 fully saturated rings. The van der Waals surface area contributed by atoms with Crippen molar-refractivity contribution in [3.63, 3.8) is 0 Å². The number of hydrogen-bond acceptors (Lipinski definition) is 5. The number of benzene rings is 2. The number of amides is 1. The fraction of sp³-hybridized carbons (Fsp3) is 0.483. The number of carbonyl (C=O) groups excluding carboxylic acids is 1. The summed E-state index contributed by atoms with van der Waals surface area (Å²) in [5.41, 5.74) is 2.23. The minimum Gasteiger partial charge on any atom is -0.483 e. The first-order valence-corrected chi connectivity index (χ1v) is 14.3. The van der Waals surface area contributed by atoms with Gasteiger partial charge in [-0.25, -0.2) is 4.39 Å². The van der Waals surface area contributed by atoms with Gasteiger partial charge in [0.25, 0.3) is 0 Å². The lowest BCUT2D eigenvalue weighted by Gasteiger charge is -2.30. The van der Waals surface area contributed by atoms with Gasteiger partial charge in [-0.2, -0.15) is 0 Å². The van der Waals surface area contributed by atoms with Crippen LogP contribution in [0.25, 0.3) is 0 Å². The van der Waals surface area contributed by atoms with Crippen LogP contribution in [0.5, 0.6) is 5.75 Å². The number of nitrogens with zero attached hydrogens (tertiary/aromatic N) is 4. The largest absolute Gasteiger partial charge is 0.483 e. The number of rotatable bonds is 8. The minimum atomic E-state index is -0.394. The van der Waals surface area contributed by atoms with Gasteiger partial charge in [-0.1, -0.05) is 48.5 Å². The Hall–Kier alpha value is -2.87. The SMILES string of the molecule is C[C@@H]1Cc2ccccc2N1C(=O)CSc1nnc(COc2ccccc2F)n1[C@@H](C)[C@@H]1C[C@H]2CC[C@H]1C2. The van der Waals surface area contributed by atoms with E-state index in [2.05, 4.69) is 34.7 Å². The van der Waals surface area contributed by atoms with Gasteiger partial charge < -0.3 is 9.64 Å². The molecule has 2 saturated carbocycles. The summed E-state index contributed by atoms with van der Waals surface area (Å²) in [6.07, 6.45) is 6.04. The Morgan fingerprint density at radius 2 is 1.95 bits per heavy atom. The Bertz CT molecular complexity index is 1300. The third kappa shape index (κ3) is 4.65. The number of hydrogen-bond donors (Lipinski definition) is 0. The van der Waals surface area contributed by atoms with E-state index in [4.69, 9.17) is 4.74 Å². The number of fused-ring (bicyclic) bond motifs is 3. The zero-order valence-electron chi connectivity index (χ0n) is 21.3. The molecule has 3 aliphatic rings. The van der Waals surface area contributed by atoms with Gasteiger partial charge in [0.1, 0.15) is 6.61 Å². The third-order valence-electron chi connectivity index (χ3n) is 8.55. The summed E-state index contributed by atoms with van der Waals surface area (Å²) in [6.45, 7) is 4.47. The van der Waals surface area contributed by atoms with Gasteiger partial charge in [0.15, 0.2) is 22.5 Å². The number of thioether (sulfide) groups is 1. The van der Waals surface area contributed by atoms with Crippen molar-refractivity contribution in [1.82, 2.24) is 14.8 Å². The molecule has 3 aromatic rings. The van der Waals surface area contributed by atoms with Gasteiger partial charge >= 0.3 is 0 Å². The fourth-order valence-electron chi connectivity index (χ4n) is 6.84. The van der Waals surface area contributed by atoms with E-state index in [1.54, 1.807) is 18.2 Å². The van der Waals surface area contributed by atoms with Crippen molar-refractivity contribution in [2.75, 3.05) is 10.7 Å². The molecule has 6 nitrogen and oxygen atoms in total. The van der Waals surface area contributed by atoms with E-state index >= 15 is 0 Å². The normalized spacial score (nSPS) is 24.9. The zero-order chi connectivity index (χ0) is 25.5. The molecule has 37 heavy (non-hydrogen) atoms. The molecule has 8 heteroatoms. The average Bonchev–Trinajstić information content (AvgIpc) is 3.68. The molecule has 6 rings (SSSR count). The molecule has 194 valence electrons. The van der Waals surface area contributed by atoms with Crippen LogP contribution in [0.1, 0.15) is 57.0 Å². The summed E-state index contributed by atoms with van der Waals surface area (Å²) in [5, 5.41) is 9.69. The summed E-state index contributed by atoms with van der Waals surface area (Å²) < 4.78 is 22.2. The molecule has 0 unspecified atom stereocenters. The van der Waals surface area contributed by atoms with E-state index in [0.717, 1.165) is 29.1 Å². The number of halogens is 1. The van der Waals surface area contributed by atoms with Crippen LogP contribution in [-0.2, 0) is 17.8 Å². The molecule has 0 spiro atoms. The zero-order valence-corrected chi connectivity index (χ0v) is 22.2. The third-order valence-corrected chi connectivity index (χ3v) is 9.48. The lowest BCUT2D eigenvalue weighted by Crippen LogP contribution is -2.37. The van der Waals surface area contributed by atoms with Crippen molar-refractivity contribution in [3.8, 4) is 5.75 Å². The highest BCUT2D eigenvalue weighted by atomic mass is 32.2. The number of anilines is 1. The van der Waals surface area contributed by atoms with Crippen molar-refractivity contribution in [2.24, 2.45) is 17.8 Å². The number of para-hydroxylation sites is 2. The Kier molecular flexibility index (Phi) is 6.69. The van der Waals surface area contributed by atoms with E-state index in [-0.39, 0.29) is 36.1 Å². The number of carbonyl (C=O) groups is 1. The van der Waals surface area contributed by atoms with E-state index in [1.165, 1.54) is 49.1 Å². The molecular weight excluding hydrogens is 487 g/mol. The molecule has 0 radical (unpaired) electrons. The van der Waals surface area contributed by atoms with Crippen LogP contribution in [0.3, 0.4) is 0 Å². The van der Waals surface area contributed by atoms with Crippen LogP contribution >= 0.6 is 11.8 Å². The Morgan fingerprint density at radius 1 is 1.14 bits per heavy atom. The highest BCUT2D eigenvalue weighted by molar-refractivity contribution is 7.99. The number of aromatic nitrogens is 3. The van der Waals surface area contributed by atoms with E-state index in [9.17, 15) is 9.18 Å². The summed E-state index contributed by atoms with van der Waals surface area (Å²) in [5.74, 6) is 2.95. The molecule has 2 heterocycles. The summed E-state index contributed by atoms with van der Waals surface area (Å²) in [6, 6.07) is 14.9. The van der Waals surface area contributed by atoms with Gasteiger partial charge in [0.2, 0.25) is 5.91 Å². The monoisotopic (exact) mass is 520 g/mol. The molecule has 0 saturated heterocycles. The second-order valence-electron chi connectivity index (χ2n) is 10.8. The summed E-state index contributed by atoms with van der Waals surface area (Å²) >= 11 is 1.44. The highest BCUT2D eigenvalue weighted by Crippen LogP contribution is 2.52. The van der Waals surface area contributed by atoms with E-state index in [1.807, 2.05) is 23.1 Å². The van der Waals surface area contributed by atoms with Crippen molar-refractivity contribution in [1.29, 1.82) is 0 Å².